The lowest BCUT2D eigenvalue weighted by molar-refractivity contribution is -0.385. The van der Waals surface area contributed by atoms with Gasteiger partial charge in [0.2, 0.25) is 0 Å². The fourth-order valence-corrected chi connectivity index (χ4v) is 1.87. The third kappa shape index (κ3) is 3.27. The summed E-state index contributed by atoms with van der Waals surface area (Å²) in [4.78, 5) is 24.0. The molecule has 1 atom stereocenters. The van der Waals surface area contributed by atoms with Gasteiger partial charge in [-0.1, -0.05) is 6.92 Å². The lowest BCUT2D eigenvalue weighted by atomic mass is 10.1. The number of nitro groups is 1. The molecule has 0 saturated heterocycles. The van der Waals surface area contributed by atoms with Crippen molar-refractivity contribution in [2.45, 2.75) is 33.2 Å². The van der Waals surface area contributed by atoms with E-state index in [2.05, 4.69) is 0 Å². The highest BCUT2D eigenvalue weighted by Crippen LogP contribution is 2.22. The van der Waals surface area contributed by atoms with E-state index in [-0.39, 0.29) is 17.3 Å². The van der Waals surface area contributed by atoms with E-state index < -0.39 is 16.6 Å². The normalized spacial score (nSPS) is 12.0. The molecule has 0 spiro atoms. The van der Waals surface area contributed by atoms with Gasteiger partial charge in [-0.2, -0.15) is 0 Å². The number of nitrogens with zero attached hydrogens (tertiary/aromatic N) is 2. The Labute approximate surface area is 111 Å². The van der Waals surface area contributed by atoms with Gasteiger partial charge >= 0.3 is 0 Å². The van der Waals surface area contributed by atoms with E-state index in [1.807, 2.05) is 13.8 Å². The third-order valence-corrected chi connectivity index (χ3v) is 3.11. The molecule has 1 aromatic carbocycles. The molecule has 1 unspecified atom stereocenters. The summed E-state index contributed by atoms with van der Waals surface area (Å²) in [7, 11) is 0. The highest BCUT2D eigenvalue weighted by Gasteiger charge is 2.26. The fraction of sp³-hybridized carbons (Fsp3) is 0.462. The molecule has 0 fully saturated rings. The molecular weight excluding hydrogens is 251 g/mol. The Morgan fingerprint density at radius 2 is 2.11 bits per heavy atom. The standard InChI is InChI=1S/C13H17FN2O3/c1-4-9(3)15(5-2)13(17)11-8-10(14)6-7-12(11)16(18)19/h6-9H,4-5H2,1-3H3. The molecule has 0 aliphatic carbocycles. The van der Waals surface area contributed by atoms with Crippen molar-refractivity contribution in [3.63, 3.8) is 0 Å². The molecule has 0 saturated carbocycles. The monoisotopic (exact) mass is 268 g/mol. The maximum Gasteiger partial charge on any atom is 0.282 e. The number of hydrogen-bond acceptors (Lipinski definition) is 3. The van der Waals surface area contributed by atoms with Crippen LogP contribution in [0.2, 0.25) is 0 Å². The number of hydrogen-bond donors (Lipinski definition) is 0. The van der Waals surface area contributed by atoms with Crippen LogP contribution in [0, 0.1) is 15.9 Å². The van der Waals surface area contributed by atoms with Crippen molar-refractivity contribution in [1.82, 2.24) is 4.90 Å². The molecule has 0 aliphatic heterocycles. The number of benzene rings is 1. The first-order valence-corrected chi connectivity index (χ1v) is 6.17. The Hall–Kier alpha value is -1.98. The molecule has 0 aromatic heterocycles. The van der Waals surface area contributed by atoms with Crippen LogP contribution in [0.4, 0.5) is 10.1 Å². The Bertz CT molecular complexity index is 491. The number of nitro benzene ring substituents is 1. The summed E-state index contributed by atoms with van der Waals surface area (Å²) in [6.45, 7) is 5.98. The minimum absolute atomic E-state index is 0.0552. The van der Waals surface area contributed by atoms with Crippen molar-refractivity contribution in [1.29, 1.82) is 0 Å². The predicted molar refractivity (Wildman–Crippen MR) is 69.5 cm³/mol. The van der Waals surface area contributed by atoms with Gasteiger partial charge in [0, 0.05) is 18.7 Å². The molecule has 0 N–H and O–H groups in total. The van der Waals surface area contributed by atoms with Crippen LogP contribution in [-0.2, 0) is 0 Å². The molecular formula is C13H17FN2O3. The maximum absolute atomic E-state index is 13.2. The lowest BCUT2D eigenvalue weighted by Gasteiger charge is -2.27. The van der Waals surface area contributed by atoms with E-state index in [4.69, 9.17) is 0 Å². The number of amides is 1. The molecule has 5 nitrogen and oxygen atoms in total. The summed E-state index contributed by atoms with van der Waals surface area (Å²) >= 11 is 0. The van der Waals surface area contributed by atoms with Crippen molar-refractivity contribution in [3.05, 3.63) is 39.7 Å². The van der Waals surface area contributed by atoms with Crippen molar-refractivity contribution in [2.75, 3.05) is 6.54 Å². The minimum Gasteiger partial charge on any atom is -0.336 e. The number of carbonyl (C=O) groups excluding carboxylic acids is 1. The lowest BCUT2D eigenvalue weighted by Crippen LogP contribution is -2.38. The van der Waals surface area contributed by atoms with Crippen LogP contribution in [-0.4, -0.2) is 28.3 Å². The molecule has 0 heterocycles. The van der Waals surface area contributed by atoms with Gasteiger partial charge < -0.3 is 4.90 Å². The molecule has 6 heteroatoms. The molecule has 1 amide bonds. The smallest absolute Gasteiger partial charge is 0.282 e. The van der Waals surface area contributed by atoms with E-state index in [1.165, 1.54) is 4.90 Å². The van der Waals surface area contributed by atoms with Crippen LogP contribution in [0.15, 0.2) is 18.2 Å². The fourth-order valence-electron chi connectivity index (χ4n) is 1.87. The van der Waals surface area contributed by atoms with E-state index in [0.717, 1.165) is 24.6 Å². The molecule has 0 aliphatic rings. The van der Waals surface area contributed by atoms with Crippen LogP contribution in [0.5, 0.6) is 0 Å². The predicted octanol–water partition coefficient (Wildman–Crippen LogP) is 2.99. The number of carbonyl (C=O) groups is 1. The summed E-state index contributed by atoms with van der Waals surface area (Å²) < 4.78 is 13.2. The average Bonchev–Trinajstić information content (AvgIpc) is 2.38. The minimum atomic E-state index is -0.670. The molecule has 104 valence electrons. The zero-order valence-corrected chi connectivity index (χ0v) is 11.2. The van der Waals surface area contributed by atoms with Gasteiger partial charge in [0.1, 0.15) is 11.4 Å². The van der Waals surface area contributed by atoms with Crippen molar-refractivity contribution in [2.24, 2.45) is 0 Å². The third-order valence-electron chi connectivity index (χ3n) is 3.11. The zero-order valence-electron chi connectivity index (χ0n) is 11.2. The summed E-state index contributed by atoms with van der Waals surface area (Å²) in [6.07, 6.45) is 0.725. The van der Waals surface area contributed by atoms with E-state index >= 15 is 0 Å². The molecule has 1 aromatic rings. The highest BCUT2D eigenvalue weighted by atomic mass is 19.1. The Morgan fingerprint density at radius 1 is 1.47 bits per heavy atom. The number of rotatable bonds is 5. The summed E-state index contributed by atoms with van der Waals surface area (Å²) in [5, 5.41) is 10.9. The molecule has 1 rings (SSSR count). The summed E-state index contributed by atoms with van der Waals surface area (Å²) in [5.41, 5.74) is -0.569. The second kappa shape index (κ2) is 6.26. The van der Waals surface area contributed by atoms with Gasteiger partial charge in [-0.3, -0.25) is 14.9 Å². The van der Waals surface area contributed by atoms with Crippen LogP contribution >= 0.6 is 0 Å². The van der Waals surface area contributed by atoms with Crippen LogP contribution in [0.1, 0.15) is 37.6 Å². The molecule has 0 bridgehead atoms. The van der Waals surface area contributed by atoms with Crippen molar-refractivity contribution in [3.8, 4) is 0 Å². The van der Waals surface area contributed by atoms with Gasteiger partial charge in [-0.15, -0.1) is 0 Å². The first kappa shape index (κ1) is 15.1. The van der Waals surface area contributed by atoms with Gasteiger partial charge in [-0.05, 0) is 32.4 Å². The van der Waals surface area contributed by atoms with Crippen LogP contribution in [0.25, 0.3) is 0 Å². The highest BCUT2D eigenvalue weighted by molar-refractivity contribution is 5.98. The SMILES string of the molecule is CCC(C)N(CC)C(=O)c1cc(F)ccc1[N+](=O)[O-]. The Morgan fingerprint density at radius 3 is 2.58 bits per heavy atom. The topological polar surface area (TPSA) is 63.5 Å². The number of halogens is 1. The van der Waals surface area contributed by atoms with E-state index in [9.17, 15) is 19.3 Å². The first-order chi connectivity index (χ1) is 8.92. The average molecular weight is 268 g/mol. The first-order valence-electron chi connectivity index (χ1n) is 6.17. The van der Waals surface area contributed by atoms with Crippen molar-refractivity contribution < 1.29 is 14.1 Å². The second-order valence-electron chi connectivity index (χ2n) is 4.27. The largest absolute Gasteiger partial charge is 0.336 e. The van der Waals surface area contributed by atoms with Crippen LogP contribution in [0.3, 0.4) is 0 Å². The van der Waals surface area contributed by atoms with Gasteiger partial charge in [0.25, 0.3) is 11.6 Å². The maximum atomic E-state index is 13.2. The van der Waals surface area contributed by atoms with Crippen LogP contribution < -0.4 is 0 Å². The van der Waals surface area contributed by atoms with E-state index in [0.29, 0.717) is 6.54 Å². The van der Waals surface area contributed by atoms with Gasteiger partial charge in [0.15, 0.2) is 0 Å². The second-order valence-corrected chi connectivity index (χ2v) is 4.27. The van der Waals surface area contributed by atoms with Gasteiger partial charge in [-0.25, -0.2) is 4.39 Å². The molecule has 0 radical (unpaired) electrons. The Balaban J connectivity index is 3.24. The zero-order chi connectivity index (χ0) is 14.6. The van der Waals surface area contributed by atoms with Crippen molar-refractivity contribution >= 4 is 11.6 Å². The quantitative estimate of drug-likeness (QED) is 0.609. The van der Waals surface area contributed by atoms with E-state index in [1.54, 1.807) is 6.92 Å². The van der Waals surface area contributed by atoms with Gasteiger partial charge in [0.05, 0.1) is 4.92 Å². The Kier molecular flexibility index (Phi) is 4.97. The molecule has 19 heavy (non-hydrogen) atoms. The summed E-state index contributed by atoms with van der Waals surface area (Å²) in [5.74, 6) is -1.17. The summed E-state index contributed by atoms with van der Waals surface area (Å²) in [6, 6.07) is 2.87.